The molecule has 3 heteroatoms. The van der Waals surface area contributed by atoms with Crippen LogP contribution in [0.4, 0.5) is 0 Å². The van der Waals surface area contributed by atoms with Gasteiger partial charge in [-0.15, -0.1) is 0 Å². The van der Waals surface area contributed by atoms with Gasteiger partial charge in [0.1, 0.15) is 11.5 Å². The lowest BCUT2D eigenvalue weighted by Gasteiger charge is -2.12. The Kier molecular flexibility index (Phi) is 3.95. The summed E-state index contributed by atoms with van der Waals surface area (Å²) < 4.78 is 0. The molecule has 0 bridgehead atoms. The second-order valence-electron chi connectivity index (χ2n) is 4.20. The van der Waals surface area contributed by atoms with Gasteiger partial charge in [-0.3, -0.25) is 0 Å². The summed E-state index contributed by atoms with van der Waals surface area (Å²) in [5.41, 5.74) is 2.20. The Morgan fingerprint density at radius 3 is 1.89 bits per heavy atom. The van der Waals surface area contributed by atoms with Gasteiger partial charge in [0, 0.05) is 5.92 Å². The fourth-order valence-electron chi connectivity index (χ4n) is 1.85. The molecule has 2 nitrogen and oxygen atoms in total. The molecule has 0 aromatic heterocycles. The Balaban J connectivity index is 2.16. The molecule has 0 radical (unpaired) electrons. The number of aromatic hydroxyl groups is 2. The highest BCUT2D eigenvalue weighted by atomic mass is 32.1. The van der Waals surface area contributed by atoms with Crippen LogP contribution in [0.5, 0.6) is 11.5 Å². The predicted octanol–water partition coefficient (Wildman–Crippen LogP) is 3.42. The van der Waals surface area contributed by atoms with Crippen LogP contribution in [0.15, 0.2) is 48.5 Å². The van der Waals surface area contributed by atoms with Crippen LogP contribution in [-0.2, 0) is 6.42 Å². The summed E-state index contributed by atoms with van der Waals surface area (Å²) in [5.74, 6) is 0.652. The van der Waals surface area contributed by atoms with Crippen LogP contribution in [0.2, 0.25) is 0 Å². The lowest BCUT2D eigenvalue weighted by Crippen LogP contribution is -2.03. The van der Waals surface area contributed by atoms with Crippen molar-refractivity contribution >= 4 is 17.6 Å². The summed E-state index contributed by atoms with van der Waals surface area (Å²) in [5, 5.41) is 20.2. The van der Waals surface area contributed by atoms with Crippen LogP contribution in [0.3, 0.4) is 0 Å². The van der Waals surface area contributed by atoms with Crippen LogP contribution in [0, 0.1) is 0 Å². The Hall–Kier alpha value is -1.87. The van der Waals surface area contributed by atoms with Crippen molar-refractivity contribution in [2.75, 3.05) is 0 Å². The molecule has 92 valence electrons. The number of thiocarbonyl (C=S) groups is 1. The van der Waals surface area contributed by atoms with Crippen molar-refractivity contribution in [1.29, 1.82) is 0 Å². The molecule has 2 rings (SSSR count). The van der Waals surface area contributed by atoms with Crippen molar-refractivity contribution in [3.05, 3.63) is 59.7 Å². The Morgan fingerprint density at radius 1 is 0.889 bits per heavy atom. The Morgan fingerprint density at radius 2 is 1.39 bits per heavy atom. The third-order valence-electron chi connectivity index (χ3n) is 2.88. The smallest absolute Gasteiger partial charge is 0.115 e. The largest absolute Gasteiger partial charge is 0.508 e. The Labute approximate surface area is 112 Å². The third-order valence-corrected chi connectivity index (χ3v) is 3.21. The van der Waals surface area contributed by atoms with Crippen LogP contribution in [0.1, 0.15) is 17.0 Å². The maximum Gasteiger partial charge on any atom is 0.115 e. The van der Waals surface area contributed by atoms with E-state index in [1.165, 1.54) is 0 Å². The summed E-state index contributed by atoms with van der Waals surface area (Å²) >= 11 is 5.08. The molecule has 2 aromatic carbocycles. The highest BCUT2D eigenvalue weighted by Gasteiger charge is 2.09. The highest BCUT2D eigenvalue weighted by Crippen LogP contribution is 2.22. The van der Waals surface area contributed by atoms with Gasteiger partial charge >= 0.3 is 0 Å². The van der Waals surface area contributed by atoms with E-state index in [2.05, 4.69) is 0 Å². The Bertz CT molecular complexity index is 517. The molecule has 1 atom stereocenters. The van der Waals surface area contributed by atoms with Gasteiger partial charge < -0.3 is 10.2 Å². The zero-order valence-electron chi connectivity index (χ0n) is 9.78. The van der Waals surface area contributed by atoms with Crippen molar-refractivity contribution in [3.63, 3.8) is 0 Å². The van der Waals surface area contributed by atoms with Gasteiger partial charge in [-0.05, 0) is 47.2 Å². The predicted molar refractivity (Wildman–Crippen MR) is 76.3 cm³/mol. The zero-order valence-corrected chi connectivity index (χ0v) is 10.6. The molecule has 0 heterocycles. The van der Waals surface area contributed by atoms with E-state index in [9.17, 15) is 10.2 Å². The normalized spacial score (nSPS) is 12.0. The third kappa shape index (κ3) is 3.08. The monoisotopic (exact) mass is 258 g/mol. The first kappa shape index (κ1) is 12.6. The van der Waals surface area contributed by atoms with E-state index in [1.54, 1.807) is 29.6 Å². The average Bonchev–Trinajstić information content (AvgIpc) is 2.39. The quantitative estimate of drug-likeness (QED) is 0.825. The first-order valence-corrected chi connectivity index (χ1v) is 6.18. The molecule has 0 saturated carbocycles. The first-order chi connectivity index (χ1) is 8.69. The number of hydrogen-bond donors (Lipinski definition) is 2. The second-order valence-corrected chi connectivity index (χ2v) is 4.48. The average molecular weight is 258 g/mol. The van der Waals surface area contributed by atoms with E-state index in [1.807, 2.05) is 24.3 Å². The topological polar surface area (TPSA) is 40.5 Å². The highest BCUT2D eigenvalue weighted by molar-refractivity contribution is 7.79. The van der Waals surface area contributed by atoms with Crippen molar-refractivity contribution in [2.45, 2.75) is 12.3 Å². The van der Waals surface area contributed by atoms with Gasteiger partial charge in [0.05, 0.1) is 0 Å². The van der Waals surface area contributed by atoms with Gasteiger partial charge in [-0.1, -0.05) is 36.5 Å². The molecule has 0 fully saturated rings. The van der Waals surface area contributed by atoms with Gasteiger partial charge in [-0.2, -0.15) is 0 Å². The number of benzene rings is 2. The molecule has 1 unspecified atom stereocenters. The van der Waals surface area contributed by atoms with Crippen LogP contribution >= 0.6 is 12.2 Å². The summed E-state index contributed by atoms with van der Waals surface area (Å²) in [4.78, 5) is 0. The molecule has 0 aliphatic heterocycles. The number of hydrogen-bond acceptors (Lipinski definition) is 3. The number of phenols is 2. The second kappa shape index (κ2) is 5.65. The molecule has 0 aliphatic rings. The molecule has 0 aliphatic carbocycles. The number of rotatable bonds is 4. The minimum absolute atomic E-state index is 0.130. The zero-order chi connectivity index (χ0) is 13.0. The maximum atomic E-state index is 9.27. The summed E-state index contributed by atoms with van der Waals surface area (Å²) in [6.45, 7) is 0. The molecule has 0 spiro atoms. The molecule has 18 heavy (non-hydrogen) atoms. The van der Waals surface area contributed by atoms with Crippen LogP contribution in [-0.4, -0.2) is 15.6 Å². The summed E-state index contributed by atoms with van der Waals surface area (Å²) in [6.07, 6.45) is 0.786. The minimum atomic E-state index is 0.130. The van der Waals surface area contributed by atoms with Gasteiger partial charge in [-0.25, -0.2) is 0 Å². The van der Waals surface area contributed by atoms with Crippen molar-refractivity contribution in [3.8, 4) is 11.5 Å². The first-order valence-electron chi connectivity index (χ1n) is 5.71. The van der Waals surface area contributed by atoms with E-state index >= 15 is 0 Å². The van der Waals surface area contributed by atoms with E-state index in [0.29, 0.717) is 0 Å². The van der Waals surface area contributed by atoms with Crippen molar-refractivity contribution in [1.82, 2.24) is 0 Å². The van der Waals surface area contributed by atoms with E-state index in [0.717, 1.165) is 17.5 Å². The van der Waals surface area contributed by atoms with Crippen molar-refractivity contribution in [2.24, 2.45) is 0 Å². The fraction of sp³-hybridized carbons (Fsp3) is 0.133. The van der Waals surface area contributed by atoms with Crippen LogP contribution < -0.4 is 0 Å². The molecule has 0 saturated heterocycles. The van der Waals surface area contributed by atoms with Gasteiger partial charge in [0.2, 0.25) is 0 Å². The van der Waals surface area contributed by atoms with E-state index < -0.39 is 0 Å². The molecular weight excluding hydrogens is 244 g/mol. The molecule has 2 N–H and O–H groups in total. The van der Waals surface area contributed by atoms with E-state index in [-0.39, 0.29) is 17.4 Å². The SMILES string of the molecule is Oc1ccc(CC(C=S)c2ccc(O)cc2)cc1. The van der Waals surface area contributed by atoms with Gasteiger partial charge in [0.25, 0.3) is 0 Å². The number of phenolic OH excluding ortho intramolecular Hbond substituents is 2. The van der Waals surface area contributed by atoms with Crippen molar-refractivity contribution < 1.29 is 10.2 Å². The van der Waals surface area contributed by atoms with E-state index in [4.69, 9.17) is 12.2 Å². The summed E-state index contributed by atoms with van der Waals surface area (Å²) in [7, 11) is 0. The lowest BCUT2D eigenvalue weighted by molar-refractivity contribution is 0.474. The molecular formula is C15H14O2S. The maximum absolute atomic E-state index is 9.27. The van der Waals surface area contributed by atoms with Gasteiger partial charge in [0.15, 0.2) is 0 Å². The molecule has 2 aromatic rings. The van der Waals surface area contributed by atoms with Crippen LogP contribution in [0.25, 0.3) is 0 Å². The molecule has 0 amide bonds. The fourth-order valence-corrected chi connectivity index (χ4v) is 2.11. The lowest BCUT2D eigenvalue weighted by atomic mass is 9.93. The summed E-state index contributed by atoms with van der Waals surface area (Å²) in [6, 6.07) is 14.2. The minimum Gasteiger partial charge on any atom is -0.508 e. The standard InChI is InChI=1S/C15H14O2S/c16-14-5-1-11(2-6-14)9-13(10-18)12-3-7-15(17)8-4-12/h1-8,10,13,16-17H,9H2.